The van der Waals surface area contributed by atoms with Crippen molar-refractivity contribution in [2.75, 3.05) is 19.6 Å². The van der Waals surface area contributed by atoms with Gasteiger partial charge < -0.3 is 0 Å². The highest BCUT2D eigenvalue weighted by Gasteiger charge is 2.22. The highest BCUT2D eigenvalue weighted by Crippen LogP contribution is 2.22. The van der Waals surface area contributed by atoms with Crippen molar-refractivity contribution < 1.29 is 8.42 Å². The summed E-state index contributed by atoms with van der Waals surface area (Å²) >= 11 is 3.06. The van der Waals surface area contributed by atoms with Crippen molar-refractivity contribution in [1.82, 2.24) is 9.62 Å². The third-order valence-corrected chi connectivity index (χ3v) is 7.88. The molecular weight excluding hydrogens is 348 g/mol. The molecule has 126 valence electrons. The summed E-state index contributed by atoms with van der Waals surface area (Å²) < 4.78 is 27.7. The number of likely N-dealkylation sites (tertiary alicyclic amines) is 1. The lowest BCUT2D eigenvalue weighted by molar-refractivity contribution is 0.179. The number of aryl methyl sites for hydroxylation is 1. The molecule has 0 bridgehead atoms. The average molecular weight is 371 g/mol. The van der Waals surface area contributed by atoms with Crippen molar-refractivity contribution in [2.24, 2.45) is 5.92 Å². The minimum Gasteiger partial charge on any atom is -0.299 e. The fourth-order valence-corrected chi connectivity index (χ4v) is 5.95. The molecule has 1 N–H and O–H groups in total. The monoisotopic (exact) mass is 370 g/mol. The first kappa shape index (κ1) is 17.1. The zero-order chi connectivity index (χ0) is 16.3. The van der Waals surface area contributed by atoms with E-state index in [0.29, 0.717) is 16.7 Å². The lowest BCUT2D eigenvalue weighted by Crippen LogP contribution is -2.38. The van der Waals surface area contributed by atoms with Crippen LogP contribution in [0.3, 0.4) is 0 Å². The second kappa shape index (κ2) is 7.44. The van der Waals surface area contributed by atoms with Gasteiger partial charge in [-0.2, -0.15) is 11.3 Å². The molecular formula is C16H22N2O2S3. The molecule has 0 spiro atoms. The fourth-order valence-electron chi connectivity index (χ4n) is 2.84. The molecule has 1 aliphatic rings. The van der Waals surface area contributed by atoms with E-state index in [2.05, 4.69) is 26.4 Å². The van der Waals surface area contributed by atoms with Crippen LogP contribution >= 0.6 is 22.7 Å². The normalized spacial score (nSPS) is 17.6. The molecule has 1 saturated heterocycles. The quantitative estimate of drug-likeness (QED) is 0.849. The molecule has 3 rings (SSSR count). The minimum absolute atomic E-state index is 0.421. The van der Waals surface area contributed by atoms with Crippen LogP contribution in [-0.4, -0.2) is 33.0 Å². The third kappa shape index (κ3) is 4.64. The Hall–Kier alpha value is -0.730. The first-order chi connectivity index (χ1) is 11.0. The summed E-state index contributed by atoms with van der Waals surface area (Å²) in [7, 11) is -3.34. The van der Waals surface area contributed by atoms with Gasteiger partial charge in [-0.15, -0.1) is 11.3 Å². The number of nitrogens with zero attached hydrogens (tertiary/aromatic N) is 1. The van der Waals surface area contributed by atoms with E-state index in [0.717, 1.165) is 37.4 Å². The smallest absolute Gasteiger partial charge is 0.250 e. The SMILES string of the molecule is Cc1ccc(S(=O)(=O)NCC2CCN(Cc3ccsc3)CC2)s1. The van der Waals surface area contributed by atoms with E-state index in [1.807, 2.05) is 13.0 Å². The van der Waals surface area contributed by atoms with Gasteiger partial charge in [0.05, 0.1) is 0 Å². The molecule has 1 fully saturated rings. The molecule has 23 heavy (non-hydrogen) atoms. The molecule has 0 unspecified atom stereocenters. The highest BCUT2D eigenvalue weighted by atomic mass is 32.2. The van der Waals surface area contributed by atoms with Crippen LogP contribution in [0.25, 0.3) is 0 Å². The highest BCUT2D eigenvalue weighted by molar-refractivity contribution is 7.91. The Kier molecular flexibility index (Phi) is 5.53. The topological polar surface area (TPSA) is 49.4 Å². The molecule has 2 aromatic rings. The maximum absolute atomic E-state index is 12.3. The van der Waals surface area contributed by atoms with Crippen molar-refractivity contribution in [3.63, 3.8) is 0 Å². The number of thiophene rings is 2. The van der Waals surface area contributed by atoms with E-state index in [1.165, 1.54) is 16.9 Å². The van der Waals surface area contributed by atoms with E-state index >= 15 is 0 Å². The predicted octanol–water partition coefficient (Wildman–Crippen LogP) is 3.31. The van der Waals surface area contributed by atoms with Gasteiger partial charge in [0, 0.05) is 18.0 Å². The minimum atomic E-state index is -3.34. The molecule has 7 heteroatoms. The first-order valence-electron chi connectivity index (χ1n) is 7.82. The molecule has 0 saturated carbocycles. The molecule has 3 heterocycles. The second-order valence-electron chi connectivity index (χ2n) is 6.07. The predicted molar refractivity (Wildman–Crippen MR) is 96.6 cm³/mol. The third-order valence-electron chi connectivity index (χ3n) is 4.24. The molecule has 0 aliphatic carbocycles. The van der Waals surface area contributed by atoms with Gasteiger partial charge in [-0.3, -0.25) is 4.90 Å². The van der Waals surface area contributed by atoms with Crippen LogP contribution in [0.4, 0.5) is 0 Å². The maximum atomic E-state index is 12.3. The zero-order valence-corrected chi connectivity index (χ0v) is 15.6. The number of hydrogen-bond acceptors (Lipinski definition) is 5. The Morgan fingerprint density at radius 2 is 2.04 bits per heavy atom. The van der Waals surface area contributed by atoms with Gasteiger partial charge in [0.2, 0.25) is 10.0 Å². The maximum Gasteiger partial charge on any atom is 0.250 e. The largest absolute Gasteiger partial charge is 0.299 e. The van der Waals surface area contributed by atoms with Gasteiger partial charge in [0.25, 0.3) is 0 Å². The molecule has 1 aliphatic heterocycles. The number of rotatable bonds is 6. The van der Waals surface area contributed by atoms with Crippen molar-refractivity contribution >= 4 is 32.7 Å². The number of piperidine rings is 1. The summed E-state index contributed by atoms with van der Waals surface area (Å²) in [6.45, 7) is 5.57. The van der Waals surface area contributed by atoms with Crippen molar-refractivity contribution in [3.05, 3.63) is 39.4 Å². The Balaban J connectivity index is 1.45. The van der Waals surface area contributed by atoms with Crippen LogP contribution in [0.5, 0.6) is 0 Å². The molecule has 0 aromatic carbocycles. The summed E-state index contributed by atoms with van der Waals surface area (Å²) in [6.07, 6.45) is 2.10. The van der Waals surface area contributed by atoms with Gasteiger partial charge in [-0.05, 0) is 73.3 Å². The van der Waals surface area contributed by atoms with Crippen LogP contribution in [0.15, 0.2) is 33.2 Å². The number of sulfonamides is 1. The second-order valence-corrected chi connectivity index (χ2v) is 10.1. The van der Waals surface area contributed by atoms with Gasteiger partial charge in [0.1, 0.15) is 4.21 Å². The molecule has 2 aromatic heterocycles. The standard InChI is InChI=1S/C16H22N2O2S3/c1-13-2-3-16(22-13)23(19,20)17-10-14-4-7-18(8-5-14)11-15-6-9-21-12-15/h2-3,6,9,12,14,17H,4-5,7-8,10-11H2,1H3. The zero-order valence-electron chi connectivity index (χ0n) is 13.2. The van der Waals surface area contributed by atoms with E-state index in [9.17, 15) is 8.42 Å². The van der Waals surface area contributed by atoms with E-state index in [4.69, 9.17) is 0 Å². The molecule has 0 amide bonds. The lowest BCUT2D eigenvalue weighted by Gasteiger charge is -2.31. The van der Waals surface area contributed by atoms with Crippen molar-refractivity contribution in [2.45, 2.75) is 30.5 Å². The molecule has 4 nitrogen and oxygen atoms in total. The summed E-state index contributed by atoms with van der Waals surface area (Å²) in [5, 5.41) is 4.31. The van der Waals surface area contributed by atoms with Crippen LogP contribution in [0.1, 0.15) is 23.3 Å². The van der Waals surface area contributed by atoms with Crippen LogP contribution < -0.4 is 4.72 Å². The average Bonchev–Trinajstić information content (AvgIpc) is 3.18. The van der Waals surface area contributed by atoms with Gasteiger partial charge in [-0.1, -0.05) is 0 Å². The van der Waals surface area contributed by atoms with Crippen molar-refractivity contribution in [1.29, 1.82) is 0 Å². The molecule has 0 radical (unpaired) electrons. The first-order valence-corrected chi connectivity index (χ1v) is 11.1. The summed E-state index contributed by atoms with van der Waals surface area (Å²) in [5.41, 5.74) is 1.38. The summed E-state index contributed by atoms with van der Waals surface area (Å²) in [6, 6.07) is 5.71. The lowest BCUT2D eigenvalue weighted by atomic mass is 9.97. The number of hydrogen-bond donors (Lipinski definition) is 1. The van der Waals surface area contributed by atoms with Crippen LogP contribution in [0.2, 0.25) is 0 Å². The Morgan fingerprint density at radius 3 is 2.65 bits per heavy atom. The number of nitrogens with one attached hydrogen (secondary N) is 1. The van der Waals surface area contributed by atoms with E-state index in [-0.39, 0.29) is 0 Å². The Morgan fingerprint density at radius 1 is 1.26 bits per heavy atom. The van der Waals surface area contributed by atoms with Crippen molar-refractivity contribution in [3.8, 4) is 0 Å². The fraction of sp³-hybridized carbons (Fsp3) is 0.500. The summed E-state index contributed by atoms with van der Waals surface area (Å²) in [5.74, 6) is 0.435. The van der Waals surface area contributed by atoms with E-state index in [1.54, 1.807) is 17.4 Å². The van der Waals surface area contributed by atoms with E-state index < -0.39 is 10.0 Å². The Bertz CT molecular complexity index is 714. The van der Waals surface area contributed by atoms with Gasteiger partial charge in [0.15, 0.2) is 0 Å². The van der Waals surface area contributed by atoms with Gasteiger partial charge >= 0.3 is 0 Å². The van der Waals surface area contributed by atoms with Crippen LogP contribution in [0, 0.1) is 12.8 Å². The van der Waals surface area contributed by atoms with Gasteiger partial charge in [-0.25, -0.2) is 13.1 Å². The Labute approximate surface area is 146 Å². The van der Waals surface area contributed by atoms with Crippen LogP contribution in [-0.2, 0) is 16.6 Å². The molecule has 0 atom stereocenters. The summed E-state index contributed by atoms with van der Waals surface area (Å²) in [4.78, 5) is 3.47.